The van der Waals surface area contributed by atoms with E-state index in [0.29, 0.717) is 5.02 Å². The van der Waals surface area contributed by atoms with Gasteiger partial charge in [0, 0.05) is 0 Å². The van der Waals surface area contributed by atoms with Crippen LogP contribution in [-0.2, 0) is 9.59 Å². The Morgan fingerprint density at radius 1 is 1.38 bits per heavy atom. The van der Waals surface area contributed by atoms with Gasteiger partial charge in [0.15, 0.2) is 0 Å². The summed E-state index contributed by atoms with van der Waals surface area (Å²) in [5, 5.41) is 11.4. The van der Waals surface area contributed by atoms with Gasteiger partial charge in [0.2, 0.25) is 5.91 Å². The van der Waals surface area contributed by atoms with E-state index >= 15 is 0 Å². The molecule has 2 N–H and O–H groups in total. The number of aryl methyl sites for hydroxylation is 1. The molecule has 0 spiro atoms. The van der Waals surface area contributed by atoms with Gasteiger partial charge < -0.3 is 10.4 Å². The van der Waals surface area contributed by atoms with Crippen LogP contribution in [0.4, 0.5) is 5.69 Å². The van der Waals surface area contributed by atoms with E-state index in [-0.39, 0.29) is 10.7 Å². The third-order valence-electron chi connectivity index (χ3n) is 1.86. The molecule has 0 aromatic heterocycles. The Kier molecular flexibility index (Phi) is 4.15. The fraction of sp³-hybridized carbons (Fsp3) is 0.200. The van der Waals surface area contributed by atoms with Gasteiger partial charge in [0.25, 0.3) is 0 Å². The highest BCUT2D eigenvalue weighted by Crippen LogP contribution is 2.32. The van der Waals surface area contributed by atoms with Crippen molar-refractivity contribution in [2.75, 3.05) is 5.32 Å². The zero-order valence-corrected chi connectivity index (χ0v) is 9.89. The van der Waals surface area contributed by atoms with Crippen LogP contribution in [0.5, 0.6) is 0 Å². The van der Waals surface area contributed by atoms with Crippen LogP contribution in [0.2, 0.25) is 10.0 Å². The number of carbonyl (C=O) groups excluding carboxylic acids is 1. The van der Waals surface area contributed by atoms with Gasteiger partial charge in [-0.3, -0.25) is 9.59 Å². The first kappa shape index (κ1) is 12.8. The van der Waals surface area contributed by atoms with Crippen molar-refractivity contribution < 1.29 is 14.7 Å². The summed E-state index contributed by atoms with van der Waals surface area (Å²) < 4.78 is 0. The number of halogens is 2. The second-order valence-corrected chi connectivity index (χ2v) is 3.96. The van der Waals surface area contributed by atoms with E-state index in [1.54, 1.807) is 19.1 Å². The number of benzene rings is 1. The zero-order chi connectivity index (χ0) is 12.3. The van der Waals surface area contributed by atoms with Gasteiger partial charge in [0.1, 0.15) is 6.42 Å². The fourth-order valence-corrected chi connectivity index (χ4v) is 1.56. The number of rotatable bonds is 3. The molecule has 0 heterocycles. The van der Waals surface area contributed by atoms with E-state index < -0.39 is 18.3 Å². The molecule has 1 aromatic rings. The minimum atomic E-state index is -1.21. The SMILES string of the molecule is Cc1ccc(Cl)c(NC(=O)CC(=O)O)c1Cl. The second-order valence-electron chi connectivity index (χ2n) is 3.17. The fourth-order valence-electron chi connectivity index (χ4n) is 1.09. The largest absolute Gasteiger partial charge is 0.481 e. The number of carboxylic acids is 1. The van der Waals surface area contributed by atoms with Crippen molar-refractivity contribution in [3.8, 4) is 0 Å². The lowest BCUT2D eigenvalue weighted by molar-refractivity contribution is -0.139. The van der Waals surface area contributed by atoms with E-state index in [1.807, 2.05) is 0 Å². The zero-order valence-electron chi connectivity index (χ0n) is 8.38. The van der Waals surface area contributed by atoms with E-state index in [1.165, 1.54) is 0 Å². The highest BCUT2D eigenvalue weighted by molar-refractivity contribution is 6.40. The van der Waals surface area contributed by atoms with Gasteiger partial charge in [-0.1, -0.05) is 29.3 Å². The summed E-state index contributed by atoms with van der Waals surface area (Å²) in [6, 6.07) is 3.29. The molecule has 0 aliphatic rings. The van der Waals surface area contributed by atoms with Crippen LogP contribution in [0.25, 0.3) is 0 Å². The van der Waals surface area contributed by atoms with Crippen molar-refractivity contribution in [2.45, 2.75) is 13.3 Å². The Labute approximate surface area is 102 Å². The minimum Gasteiger partial charge on any atom is -0.481 e. The second kappa shape index (κ2) is 5.18. The molecule has 4 nitrogen and oxygen atoms in total. The summed E-state index contributed by atoms with van der Waals surface area (Å²) in [4.78, 5) is 21.5. The van der Waals surface area contributed by atoms with Crippen molar-refractivity contribution in [1.82, 2.24) is 0 Å². The molecule has 0 aliphatic heterocycles. The lowest BCUT2D eigenvalue weighted by Crippen LogP contribution is -2.16. The first-order chi connectivity index (χ1) is 7.41. The molecule has 1 amide bonds. The maximum Gasteiger partial charge on any atom is 0.312 e. The number of amides is 1. The first-order valence-electron chi connectivity index (χ1n) is 4.38. The van der Waals surface area contributed by atoms with Crippen molar-refractivity contribution in [3.63, 3.8) is 0 Å². The van der Waals surface area contributed by atoms with Crippen molar-refractivity contribution in [3.05, 3.63) is 27.7 Å². The average molecular weight is 262 g/mol. The van der Waals surface area contributed by atoms with Crippen LogP contribution in [-0.4, -0.2) is 17.0 Å². The third kappa shape index (κ3) is 3.12. The Balaban J connectivity index is 2.93. The van der Waals surface area contributed by atoms with E-state index in [0.717, 1.165) is 5.56 Å². The molecule has 0 atom stereocenters. The Bertz CT molecular complexity index is 446. The monoisotopic (exact) mass is 261 g/mol. The molecule has 0 fully saturated rings. The Hall–Kier alpha value is -1.26. The molecule has 1 aromatic carbocycles. The van der Waals surface area contributed by atoms with Gasteiger partial charge in [-0.15, -0.1) is 0 Å². The quantitative estimate of drug-likeness (QED) is 0.823. The van der Waals surface area contributed by atoms with Crippen LogP contribution < -0.4 is 5.32 Å². The smallest absolute Gasteiger partial charge is 0.312 e. The van der Waals surface area contributed by atoms with Crippen molar-refractivity contribution >= 4 is 40.8 Å². The number of carbonyl (C=O) groups is 2. The van der Waals surface area contributed by atoms with Gasteiger partial charge in [0.05, 0.1) is 15.7 Å². The van der Waals surface area contributed by atoms with Crippen LogP contribution in [0, 0.1) is 6.92 Å². The summed E-state index contributed by atoms with van der Waals surface area (Å²) in [6.45, 7) is 1.76. The summed E-state index contributed by atoms with van der Waals surface area (Å²) >= 11 is 11.8. The topological polar surface area (TPSA) is 66.4 Å². The van der Waals surface area contributed by atoms with Gasteiger partial charge in [-0.2, -0.15) is 0 Å². The molecule has 16 heavy (non-hydrogen) atoms. The maximum atomic E-state index is 11.2. The Morgan fingerprint density at radius 2 is 2.00 bits per heavy atom. The predicted molar refractivity (Wildman–Crippen MR) is 62.1 cm³/mol. The molecule has 0 bridgehead atoms. The standard InChI is InChI=1S/C10H9Cl2NO3/c1-5-2-3-6(11)10(9(5)12)13-7(14)4-8(15)16/h2-3H,4H2,1H3,(H,13,14)(H,15,16). The lowest BCUT2D eigenvalue weighted by Gasteiger charge is -2.10. The summed E-state index contributed by atoms with van der Waals surface area (Å²) in [6.07, 6.45) is -0.624. The number of nitrogens with one attached hydrogen (secondary N) is 1. The lowest BCUT2D eigenvalue weighted by atomic mass is 10.2. The van der Waals surface area contributed by atoms with Gasteiger partial charge in [-0.05, 0) is 18.6 Å². The molecule has 0 saturated carbocycles. The minimum absolute atomic E-state index is 0.245. The molecule has 0 saturated heterocycles. The van der Waals surface area contributed by atoms with E-state index in [9.17, 15) is 9.59 Å². The molecule has 1 rings (SSSR count). The number of anilines is 1. The van der Waals surface area contributed by atoms with Crippen molar-refractivity contribution in [1.29, 1.82) is 0 Å². The highest BCUT2D eigenvalue weighted by atomic mass is 35.5. The number of hydrogen-bond donors (Lipinski definition) is 2. The third-order valence-corrected chi connectivity index (χ3v) is 2.66. The van der Waals surface area contributed by atoms with E-state index in [4.69, 9.17) is 28.3 Å². The summed E-state index contributed by atoms with van der Waals surface area (Å²) in [5.41, 5.74) is 0.992. The van der Waals surface area contributed by atoms with Crippen LogP contribution in [0.15, 0.2) is 12.1 Å². The normalized spacial score (nSPS) is 9.94. The van der Waals surface area contributed by atoms with Crippen molar-refractivity contribution in [2.24, 2.45) is 0 Å². The van der Waals surface area contributed by atoms with Crippen LogP contribution in [0.1, 0.15) is 12.0 Å². The predicted octanol–water partition coefficient (Wildman–Crippen LogP) is 2.72. The molecule has 86 valence electrons. The highest BCUT2D eigenvalue weighted by Gasteiger charge is 2.13. The molecule has 6 heteroatoms. The van der Waals surface area contributed by atoms with E-state index in [2.05, 4.69) is 5.32 Å². The summed E-state index contributed by atoms with van der Waals surface area (Å²) in [5.74, 6) is -1.88. The molecular weight excluding hydrogens is 253 g/mol. The molecule has 0 unspecified atom stereocenters. The van der Waals surface area contributed by atoms with Gasteiger partial charge in [-0.25, -0.2) is 0 Å². The first-order valence-corrected chi connectivity index (χ1v) is 5.13. The molecule has 0 aliphatic carbocycles. The number of hydrogen-bond acceptors (Lipinski definition) is 2. The molecular formula is C10H9Cl2NO3. The average Bonchev–Trinajstić information content (AvgIpc) is 2.17. The van der Waals surface area contributed by atoms with Crippen LogP contribution >= 0.6 is 23.2 Å². The maximum absolute atomic E-state index is 11.2. The number of aliphatic carboxylic acids is 1. The Morgan fingerprint density at radius 3 is 2.56 bits per heavy atom. The van der Waals surface area contributed by atoms with Crippen LogP contribution in [0.3, 0.4) is 0 Å². The number of carboxylic acid groups (broad SMARTS) is 1. The summed E-state index contributed by atoms with van der Waals surface area (Å²) in [7, 11) is 0. The van der Waals surface area contributed by atoms with Gasteiger partial charge >= 0.3 is 5.97 Å². The molecule has 0 radical (unpaired) electrons.